The average molecular weight is 446 g/mol. The van der Waals surface area contributed by atoms with E-state index in [1.54, 1.807) is 37.3 Å². The predicted octanol–water partition coefficient (Wildman–Crippen LogP) is 3.71. The lowest BCUT2D eigenvalue weighted by molar-refractivity contribution is 0.264. The van der Waals surface area contributed by atoms with E-state index >= 15 is 0 Å². The van der Waals surface area contributed by atoms with Crippen molar-refractivity contribution in [3.8, 4) is 5.75 Å². The largest absolute Gasteiger partial charge is 0.493 e. The van der Waals surface area contributed by atoms with Gasteiger partial charge in [0.25, 0.3) is 0 Å². The Balaban J connectivity index is 1.38. The molecule has 0 N–H and O–H groups in total. The second kappa shape index (κ2) is 9.15. The molecule has 0 radical (unpaired) electrons. The number of benzene rings is 2. The van der Waals surface area contributed by atoms with Crippen LogP contribution in [-0.2, 0) is 16.4 Å². The Kier molecular flexibility index (Phi) is 6.33. The van der Waals surface area contributed by atoms with Gasteiger partial charge in [-0.3, -0.25) is 0 Å². The number of nitrogens with zero attached hydrogens (tertiary/aromatic N) is 3. The van der Waals surface area contributed by atoms with Crippen LogP contribution in [0.15, 0.2) is 57.9 Å². The van der Waals surface area contributed by atoms with E-state index in [4.69, 9.17) is 9.26 Å². The zero-order chi connectivity index (χ0) is 21.8. The molecule has 31 heavy (non-hydrogen) atoms. The van der Waals surface area contributed by atoms with Crippen LogP contribution in [0, 0.1) is 12.7 Å². The van der Waals surface area contributed by atoms with Crippen LogP contribution in [0.5, 0.6) is 5.75 Å². The van der Waals surface area contributed by atoms with Gasteiger partial charge >= 0.3 is 0 Å². The van der Waals surface area contributed by atoms with Gasteiger partial charge in [0, 0.05) is 19.5 Å². The lowest BCUT2D eigenvalue weighted by atomic mass is 10.00. The van der Waals surface area contributed by atoms with E-state index in [0.717, 1.165) is 18.4 Å². The van der Waals surface area contributed by atoms with E-state index in [9.17, 15) is 12.8 Å². The maximum absolute atomic E-state index is 13.1. The number of aryl methyl sites for hydroxylation is 1. The highest BCUT2D eigenvalue weighted by Gasteiger charge is 2.33. The quantitative estimate of drug-likeness (QED) is 0.551. The maximum atomic E-state index is 13.1. The molecule has 1 atom stereocenters. The summed E-state index contributed by atoms with van der Waals surface area (Å²) in [5, 5.41) is 4.00. The van der Waals surface area contributed by atoms with Crippen molar-refractivity contribution in [1.29, 1.82) is 0 Å². The Hall–Kier alpha value is -2.78. The minimum Gasteiger partial charge on any atom is -0.493 e. The number of hydrogen-bond acceptors (Lipinski definition) is 6. The summed E-state index contributed by atoms with van der Waals surface area (Å²) in [6.07, 6.45) is 1.94. The predicted molar refractivity (Wildman–Crippen MR) is 112 cm³/mol. The second-order valence-corrected chi connectivity index (χ2v) is 9.48. The number of sulfonamides is 1. The van der Waals surface area contributed by atoms with E-state index < -0.39 is 10.0 Å². The zero-order valence-corrected chi connectivity index (χ0v) is 18.0. The second-order valence-electron chi connectivity index (χ2n) is 7.57. The first-order valence-electron chi connectivity index (χ1n) is 10.2. The van der Waals surface area contributed by atoms with Gasteiger partial charge in [-0.25, -0.2) is 12.8 Å². The molecule has 9 heteroatoms. The van der Waals surface area contributed by atoms with Crippen molar-refractivity contribution >= 4 is 10.0 Å². The monoisotopic (exact) mass is 445 g/mol. The summed E-state index contributed by atoms with van der Waals surface area (Å²) < 4.78 is 51.7. The molecule has 0 aliphatic carbocycles. The van der Waals surface area contributed by atoms with E-state index in [1.807, 2.05) is 6.07 Å². The topological polar surface area (TPSA) is 85.5 Å². The average Bonchev–Trinajstić information content (AvgIpc) is 3.24. The fraction of sp³-hybridized carbons (Fsp3) is 0.364. The van der Waals surface area contributed by atoms with Crippen molar-refractivity contribution < 1.29 is 22.1 Å². The number of aromatic nitrogens is 2. The minimum atomic E-state index is -3.58. The highest BCUT2D eigenvalue weighted by atomic mass is 32.2. The third-order valence-electron chi connectivity index (χ3n) is 5.34. The summed E-state index contributed by atoms with van der Waals surface area (Å²) in [7, 11) is -3.58. The lowest BCUT2D eigenvalue weighted by Crippen LogP contribution is -2.39. The van der Waals surface area contributed by atoms with Gasteiger partial charge in [0.2, 0.25) is 15.9 Å². The van der Waals surface area contributed by atoms with Crippen molar-refractivity contribution in [2.75, 3.05) is 19.7 Å². The normalized spacial score (nSPS) is 17.5. The summed E-state index contributed by atoms with van der Waals surface area (Å²) in [5.74, 6) is 1.04. The van der Waals surface area contributed by atoms with Crippen molar-refractivity contribution in [3.63, 3.8) is 0 Å². The van der Waals surface area contributed by atoms with E-state index in [0.29, 0.717) is 48.5 Å². The molecule has 4 rings (SSSR count). The van der Waals surface area contributed by atoms with Crippen LogP contribution in [-0.4, -0.2) is 42.6 Å². The first kappa shape index (κ1) is 21.5. The van der Waals surface area contributed by atoms with Crippen LogP contribution in [0.1, 0.15) is 36.0 Å². The molecule has 1 aromatic heterocycles. The van der Waals surface area contributed by atoms with E-state index in [1.165, 1.54) is 16.4 Å². The van der Waals surface area contributed by atoms with Crippen molar-refractivity contribution in [2.45, 2.75) is 37.0 Å². The van der Waals surface area contributed by atoms with Gasteiger partial charge in [0.1, 0.15) is 11.6 Å². The van der Waals surface area contributed by atoms with Crippen LogP contribution in [0.2, 0.25) is 0 Å². The third-order valence-corrected chi connectivity index (χ3v) is 7.36. The van der Waals surface area contributed by atoms with Gasteiger partial charge < -0.3 is 9.26 Å². The van der Waals surface area contributed by atoms with E-state index in [2.05, 4.69) is 10.1 Å². The summed E-state index contributed by atoms with van der Waals surface area (Å²) >= 11 is 0. The molecule has 1 saturated heterocycles. The van der Waals surface area contributed by atoms with Gasteiger partial charge in [-0.2, -0.15) is 9.29 Å². The van der Waals surface area contributed by atoms with Crippen LogP contribution in [0.4, 0.5) is 4.39 Å². The van der Waals surface area contributed by atoms with Gasteiger partial charge in [-0.15, -0.1) is 0 Å². The fourth-order valence-corrected chi connectivity index (χ4v) is 5.42. The Morgan fingerprint density at radius 1 is 1.19 bits per heavy atom. The number of hydrogen-bond donors (Lipinski definition) is 0. The third kappa shape index (κ3) is 4.94. The van der Waals surface area contributed by atoms with Gasteiger partial charge in [0.05, 0.1) is 17.4 Å². The molecule has 2 aromatic carbocycles. The van der Waals surface area contributed by atoms with Crippen LogP contribution in [0.3, 0.4) is 0 Å². The summed E-state index contributed by atoms with van der Waals surface area (Å²) in [6, 6.07) is 12.8. The number of halogens is 1. The first-order valence-corrected chi connectivity index (χ1v) is 11.6. The fourth-order valence-electron chi connectivity index (χ4n) is 3.67. The number of piperidine rings is 1. The first-order chi connectivity index (χ1) is 14.9. The van der Waals surface area contributed by atoms with Crippen LogP contribution in [0.25, 0.3) is 0 Å². The number of rotatable bonds is 7. The lowest BCUT2D eigenvalue weighted by Gasteiger charge is -2.30. The Labute approximate surface area is 180 Å². The molecule has 7 nitrogen and oxygen atoms in total. The molecule has 0 amide bonds. The SMILES string of the molecule is Cc1ccccc1S(=O)(=O)N1CCCC(c2nc(CCOc3ccc(F)cc3)no2)C1. The molecule has 0 bridgehead atoms. The van der Waals surface area contributed by atoms with Crippen molar-refractivity contribution in [2.24, 2.45) is 0 Å². The molecule has 1 fully saturated rings. The smallest absolute Gasteiger partial charge is 0.243 e. The molecule has 164 valence electrons. The molecular weight excluding hydrogens is 421 g/mol. The molecule has 2 heterocycles. The maximum Gasteiger partial charge on any atom is 0.243 e. The molecule has 1 unspecified atom stereocenters. The Morgan fingerprint density at radius 2 is 1.97 bits per heavy atom. The summed E-state index contributed by atoms with van der Waals surface area (Å²) in [6.45, 7) is 2.90. The van der Waals surface area contributed by atoms with Gasteiger partial charge in [0.15, 0.2) is 5.82 Å². The standard InChI is InChI=1S/C22H24FN3O4S/c1-16-5-2-3-7-20(16)31(27,28)26-13-4-6-17(15-26)22-24-21(25-30-22)12-14-29-19-10-8-18(23)9-11-19/h2-3,5,7-11,17H,4,6,12-15H2,1H3. The van der Waals surface area contributed by atoms with Crippen molar-refractivity contribution in [1.82, 2.24) is 14.4 Å². The molecular formula is C22H24FN3O4S. The molecule has 0 saturated carbocycles. The molecule has 3 aromatic rings. The minimum absolute atomic E-state index is 0.146. The van der Waals surface area contributed by atoms with Crippen LogP contribution < -0.4 is 4.74 Å². The van der Waals surface area contributed by atoms with Gasteiger partial charge in [-0.05, 0) is 55.7 Å². The van der Waals surface area contributed by atoms with Gasteiger partial charge in [-0.1, -0.05) is 23.4 Å². The highest BCUT2D eigenvalue weighted by Crippen LogP contribution is 2.30. The summed E-state index contributed by atoms with van der Waals surface area (Å²) in [4.78, 5) is 4.78. The Bertz CT molecular complexity index is 1130. The highest BCUT2D eigenvalue weighted by molar-refractivity contribution is 7.89. The van der Waals surface area contributed by atoms with E-state index in [-0.39, 0.29) is 11.7 Å². The number of ether oxygens (including phenoxy) is 1. The zero-order valence-electron chi connectivity index (χ0n) is 17.2. The summed E-state index contributed by atoms with van der Waals surface area (Å²) in [5.41, 5.74) is 0.728. The molecule has 1 aliphatic heterocycles. The molecule has 1 aliphatic rings. The molecule has 0 spiro atoms. The van der Waals surface area contributed by atoms with Crippen LogP contribution >= 0.6 is 0 Å². The Morgan fingerprint density at radius 3 is 2.74 bits per heavy atom. The van der Waals surface area contributed by atoms with Crippen molar-refractivity contribution in [3.05, 3.63) is 71.6 Å².